The molecule has 122 valence electrons. The Morgan fingerprint density at radius 3 is 2.24 bits per heavy atom. The summed E-state index contributed by atoms with van der Waals surface area (Å²) in [6, 6.07) is 22.2. The van der Waals surface area contributed by atoms with Gasteiger partial charge in [0.15, 0.2) is 5.78 Å². The number of carbonyl (C=O) groups is 1. The number of hydrogen-bond acceptors (Lipinski definition) is 1. The lowest BCUT2D eigenvalue weighted by Crippen LogP contribution is -1.95. The first-order valence-electron chi connectivity index (χ1n) is 8.11. The second kappa shape index (κ2) is 6.02. The third kappa shape index (κ3) is 2.85. The van der Waals surface area contributed by atoms with Gasteiger partial charge in [-0.1, -0.05) is 42.5 Å². The van der Waals surface area contributed by atoms with Crippen LogP contribution in [0.15, 0.2) is 72.8 Å². The highest BCUT2D eigenvalue weighted by Gasteiger charge is 2.13. The molecule has 1 aromatic heterocycles. The Hall–Kier alpha value is -3.20. The standard InChI is InChI=1S/C22H16FNO/c1-14(25)20-12-17(15-7-9-19(23)10-8-15)11-18-13-21(24-22(18)20)16-5-3-2-4-6-16/h2-13,24H,1H3. The van der Waals surface area contributed by atoms with E-state index in [0.29, 0.717) is 5.56 Å². The summed E-state index contributed by atoms with van der Waals surface area (Å²) in [7, 11) is 0. The van der Waals surface area contributed by atoms with Gasteiger partial charge in [-0.15, -0.1) is 0 Å². The maximum absolute atomic E-state index is 13.2. The normalized spacial score (nSPS) is 11.0. The van der Waals surface area contributed by atoms with Crippen molar-refractivity contribution in [3.8, 4) is 22.4 Å². The minimum absolute atomic E-state index is 0.00424. The lowest BCUT2D eigenvalue weighted by molar-refractivity contribution is 0.101. The predicted octanol–water partition coefficient (Wildman–Crippen LogP) is 5.84. The van der Waals surface area contributed by atoms with Gasteiger partial charge in [0.1, 0.15) is 5.82 Å². The highest BCUT2D eigenvalue weighted by atomic mass is 19.1. The Kier molecular flexibility index (Phi) is 3.69. The molecule has 0 aliphatic carbocycles. The molecule has 4 aromatic rings. The Balaban J connectivity index is 1.93. The quantitative estimate of drug-likeness (QED) is 0.470. The van der Waals surface area contributed by atoms with Gasteiger partial charge in [0.2, 0.25) is 0 Å². The number of Topliss-reactive ketones (excluding diaryl/α,β-unsaturated/α-hetero) is 1. The van der Waals surface area contributed by atoms with Gasteiger partial charge in [-0.05, 0) is 53.9 Å². The second-order valence-electron chi connectivity index (χ2n) is 6.10. The monoisotopic (exact) mass is 329 g/mol. The van der Waals surface area contributed by atoms with Crippen molar-refractivity contribution < 1.29 is 9.18 Å². The van der Waals surface area contributed by atoms with Gasteiger partial charge in [0.25, 0.3) is 0 Å². The highest BCUT2D eigenvalue weighted by molar-refractivity contribution is 6.08. The van der Waals surface area contributed by atoms with Crippen molar-refractivity contribution in [1.82, 2.24) is 4.98 Å². The average molecular weight is 329 g/mol. The van der Waals surface area contributed by atoms with Crippen molar-refractivity contribution in [1.29, 1.82) is 0 Å². The van der Waals surface area contributed by atoms with E-state index >= 15 is 0 Å². The molecule has 0 saturated carbocycles. The number of halogens is 1. The zero-order chi connectivity index (χ0) is 17.4. The maximum Gasteiger partial charge on any atom is 0.161 e. The summed E-state index contributed by atoms with van der Waals surface area (Å²) < 4.78 is 13.2. The van der Waals surface area contributed by atoms with Crippen LogP contribution in [-0.4, -0.2) is 10.8 Å². The van der Waals surface area contributed by atoms with Gasteiger partial charge in [-0.25, -0.2) is 4.39 Å². The molecule has 2 nitrogen and oxygen atoms in total. The summed E-state index contributed by atoms with van der Waals surface area (Å²) in [5, 5.41) is 0.964. The fourth-order valence-electron chi connectivity index (χ4n) is 3.10. The molecule has 0 aliphatic rings. The molecular formula is C22H16FNO. The van der Waals surface area contributed by atoms with Crippen molar-refractivity contribution in [2.75, 3.05) is 0 Å². The summed E-state index contributed by atoms with van der Waals surface area (Å²) in [5.41, 5.74) is 5.28. The van der Waals surface area contributed by atoms with Crippen LogP contribution in [0.4, 0.5) is 4.39 Å². The van der Waals surface area contributed by atoms with Crippen molar-refractivity contribution in [3.63, 3.8) is 0 Å². The number of ketones is 1. The first-order valence-corrected chi connectivity index (χ1v) is 8.11. The molecular weight excluding hydrogens is 313 g/mol. The Labute approximate surface area is 144 Å². The fourth-order valence-corrected chi connectivity index (χ4v) is 3.10. The van der Waals surface area contributed by atoms with Crippen LogP contribution in [0, 0.1) is 5.82 Å². The van der Waals surface area contributed by atoms with Gasteiger partial charge >= 0.3 is 0 Å². The second-order valence-corrected chi connectivity index (χ2v) is 6.10. The van der Waals surface area contributed by atoms with Crippen molar-refractivity contribution in [2.24, 2.45) is 0 Å². The molecule has 0 aliphatic heterocycles. The molecule has 0 unspecified atom stereocenters. The number of fused-ring (bicyclic) bond motifs is 1. The fraction of sp³-hybridized carbons (Fsp3) is 0.0455. The van der Waals surface area contributed by atoms with Gasteiger partial charge in [0.05, 0.1) is 5.52 Å². The van der Waals surface area contributed by atoms with Crippen molar-refractivity contribution >= 4 is 16.7 Å². The summed E-state index contributed by atoms with van der Waals surface area (Å²) in [6.07, 6.45) is 0. The molecule has 4 rings (SSSR count). The molecule has 0 amide bonds. The van der Waals surface area contributed by atoms with E-state index in [4.69, 9.17) is 0 Å². The van der Waals surface area contributed by atoms with E-state index in [0.717, 1.165) is 33.3 Å². The van der Waals surface area contributed by atoms with Crippen molar-refractivity contribution in [3.05, 3.63) is 84.2 Å². The molecule has 0 saturated heterocycles. The summed E-state index contributed by atoms with van der Waals surface area (Å²) >= 11 is 0. The van der Waals surface area contributed by atoms with Gasteiger partial charge in [-0.3, -0.25) is 4.79 Å². The van der Waals surface area contributed by atoms with Crippen LogP contribution < -0.4 is 0 Å². The highest BCUT2D eigenvalue weighted by Crippen LogP contribution is 2.31. The van der Waals surface area contributed by atoms with Crippen LogP contribution in [0.2, 0.25) is 0 Å². The molecule has 1 heterocycles. The van der Waals surface area contributed by atoms with Crippen LogP contribution in [-0.2, 0) is 0 Å². The van der Waals surface area contributed by atoms with E-state index in [1.165, 1.54) is 12.1 Å². The number of rotatable bonds is 3. The number of nitrogens with one attached hydrogen (secondary N) is 1. The van der Waals surface area contributed by atoms with Gasteiger partial charge < -0.3 is 4.98 Å². The van der Waals surface area contributed by atoms with Gasteiger partial charge in [0, 0.05) is 16.6 Å². The minimum atomic E-state index is -0.273. The largest absolute Gasteiger partial charge is 0.354 e. The smallest absolute Gasteiger partial charge is 0.161 e. The zero-order valence-corrected chi connectivity index (χ0v) is 13.7. The van der Waals surface area contributed by atoms with E-state index in [-0.39, 0.29) is 11.6 Å². The van der Waals surface area contributed by atoms with Gasteiger partial charge in [-0.2, -0.15) is 0 Å². The third-order valence-electron chi connectivity index (χ3n) is 4.37. The molecule has 1 N–H and O–H groups in total. The number of carbonyl (C=O) groups excluding carboxylic acids is 1. The molecule has 0 atom stereocenters. The first-order chi connectivity index (χ1) is 12.1. The van der Waals surface area contributed by atoms with Crippen LogP contribution in [0.5, 0.6) is 0 Å². The number of aromatic amines is 1. The van der Waals surface area contributed by atoms with E-state index in [1.807, 2.05) is 48.5 Å². The van der Waals surface area contributed by atoms with Crippen LogP contribution in [0.3, 0.4) is 0 Å². The molecule has 0 spiro atoms. The summed E-state index contributed by atoms with van der Waals surface area (Å²) in [4.78, 5) is 15.5. The number of hydrogen-bond donors (Lipinski definition) is 1. The molecule has 25 heavy (non-hydrogen) atoms. The van der Waals surface area contributed by atoms with Crippen LogP contribution >= 0.6 is 0 Å². The molecule has 0 radical (unpaired) electrons. The Morgan fingerprint density at radius 2 is 1.56 bits per heavy atom. The van der Waals surface area contributed by atoms with Crippen molar-refractivity contribution in [2.45, 2.75) is 6.92 Å². The minimum Gasteiger partial charge on any atom is -0.354 e. The van der Waals surface area contributed by atoms with Crippen LogP contribution in [0.1, 0.15) is 17.3 Å². The lowest BCUT2D eigenvalue weighted by Gasteiger charge is -2.06. The van der Waals surface area contributed by atoms with E-state index in [1.54, 1.807) is 19.1 Å². The predicted molar refractivity (Wildman–Crippen MR) is 99.1 cm³/mol. The Morgan fingerprint density at radius 1 is 0.840 bits per heavy atom. The summed E-state index contributed by atoms with van der Waals surface area (Å²) in [5.74, 6) is -0.278. The maximum atomic E-state index is 13.2. The first kappa shape index (κ1) is 15.3. The topological polar surface area (TPSA) is 32.9 Å². The lowest BCUT2D eigenvalue weighted by atomic mass is 9.99. The van der Waals surface area contributed by atoms with E-state index < -0.39 is 0 Å². The SMILES string of the molecule is CC(=O)c1cc(-c2ccc(F)cc2)cc2cc(-c3ccccc3)[nH]c12. The Bertz CT molecular complexity index is 1060. The number of aromatic nitrogens is 1. The number of H-pyrrole nitrogens is 1. The molecule has 3 aromatic carbocycles. The number of benzene rings is 3. The average Bonchev–Trinajstić information content (AvgIpc) is 3.06. The van der Waals surface area contributed by atoms with E-state index in [2.05, 4.69) is 4.98 Å². The third-order valence-corrected chi connectivity index (χ3v) is 4.37. The van der Waals surface area contributed by atoms with Crippen LogP contribution in [0.25, 0.3) is 33.3 Å². The zero-order valence-electron chi connectivity index (χ0n) is 13.7. The summed E-state index contributed by atoms with van der Waals surface area (Å²) in [6.45, 7) is 1.56. The van der Waals surface area contributed by atoms with E-state index in [9.17, 15) is 9.18 Å². The molecule has 3 heteroatoms. The molecule has 0 bridgehead atoms. The molecule has 0 fully saturated rings.